The molecular weight excluding hydrogens is 284 g/mol. The van der Waals surface area contributed by atoms with Crippen molar-refractivity contribution in [2.45, 2.75) is 20.8 Å². The molecule has 0 fully saturated rings. The minimum absolute atomic E-state index is 0.145. The molecule has 2 aromatic rings. The maximum Gasteiger partial charge on any atom is 0.326 e. The van der Waals surface area contributed by atoms with Crippen molar-refractivity contribution >= 4 is 29.0 Å². The third-order valence-electron chi connectivity index (χ3n) is 3.30. The Balaban J connectivity index is 2.21. The Morgan fingerprint density at radius 1 is 1.19 bits per heavy atom. The van der Waals surface area contributed by atoms with Crippen molar-refractivity contribution in [2.24, 2.45) is 0 Å². The predicted molar refractivity (Wildman–Crippen MR) is 89.4 cm³/mol. The van der Waals surface area contributed by atoms with Gasteiger partial charge in [0.2, 0.25) is 0 Å². The van der Waals surface area contributed by atoms with Crippen LogP contribution >= 0.6 is 11.6 Å². The highest BCUT2D eigenvalue weighted by atomic mass is 35.5. The molecule has 0 spiro atoms. The Labute approximate surface area is 130 Å². The van der Waals surface area contributed by atoms with Crippen molar-refractivity contribution in [3.8, 4) is 0 Å². The zero-order chi connectivity index (χ0) is 15.4. The van der Waals surface area contributed by atoms with Gasteiger partial charge >= 0.3 is 6.03 Å². The monoisotopic (exact) mass is 302 g/mol. The Kier molecular flexibility index (Phi) is 4.86. The Morgan fingerprint density at radius 3 is 2.57 bits per heavy atom. The van der Waals surface area contributed by atoms with Crippen LogP contribution in [0.25, 0.3) is 0 Å². The number of amides is 2. The highest BCUT2D eigenvalue weighted by Crippen LogP contribution is 2.22. The molecule has 0 aliphatic heterocycles. The van der Waals surface area contributed by atoms with E-state index in [1.165, 1.54) is 0 Å². The molecule has 0 aliphatic rings. The fraction of sp³-hybridized carbons (Fsp3) is 0.235. The van der Waals surface area contributed by atoms with Gasteiger partial charge in [-0.05, 0) is 62.2 Å². The number of aryl methyl sites for hydroxylation is 2. The summed E-state index contributed by atoms with van der Waals surface area (Å²) < 4.78 is 0. The van der Waals surface area contributed by atoms with Crippen LogP contribution in [0.2, 0.25) is 5.02 Å². The van der Waals surface area contributed by atoms with Gasteiger partial charge in [0, 0.05) is 22.9 Å². The summed E-state index contributed by atoms with van der Waals surface area (Å²) in [5.74, 6) is 0. The number of halogens is 1. The Bertz CT molecular complexity index is 655. The van der Waals surface area contributed by atoms with E-state index in [2.05, 4.69) is 5.32 Å². The van der Waals surface area contributed by atoms with Crippen molar-refractivity contribution in [1.29, 1.82) is 0 Å². The van der Waals surface area contributed by atoms with Crippen LogP contribution in [0.15, 0.2) is 42.5 Å². The predicted octanol–water partition coefficient (Wildman–Crippen LogP) is 5.02. The number of benzene rings is 2. The number of urea groups is 1. The lowest BCUT2D eigenvalue weighted by molar-refractivity contribution is 0.257. The number of carbonyl (C=O) groups is 1. The largest absolute Gasteiger partial charge is 0.326 e. The van der Waals surface area contributed by atoms with Gasteiger partial charge < -0.3 is 5.32 Å². The number of nitrogens with zero attached hydrogens (tertiary/aromatic N) is 1. The second-order valence-corrected chi connectivity index (χ2v) is 5.41. The van der Waals surface area contributed by atoms with Gasteiger partial charge in [-0.2, -0.15) is 0 Å². The molecule has 0 aromatic heterocycles. The minimum atomic E-state index is -0.145. The van der Waals surface area contributed by atoms with Crippen LogP contribution in [-0.4, -0.2) is 12.6 Å². The minimum Gasteiger partial charge on any atom is -0.307 e. The zero-order valence-electron chi connectivity index (χ0n) is 12.5. The first-order chi connectivity index (χ1) is 10.0. The number of hydrogen-bond acceptors (Lipinski definition) is 1. The maximum absolute atomic E-state index is 12.5. The fourth-order valence-corrected chi connectivity index (χ4v) is 2.42. The van der Waals surface area contributed by atoms with Crippen molar-refractivity contribution in [1.82, 2.24) is 0 Å². The number of hydrogen-bond donors (Lipinski definition) is 1. The lowest BCUT2D eigenvalue weighted by Crippen LogP contribution is -2.35. The molecule has 3 nitrogen and oxygen atoms in total. The topological polar surface area (TPSA) is 32.3 Å². The van der Waals surface area contributed by atoms with Crippen LogP contribution in [0.1, 0.15) is 18.1 Å². The van der Waals surface area contributed by atoms with Gasteiger partial charge in [-0.1, -0.05) is 23.7 Å². The molecule has 110 valence electrons. The van der Waals surface area contributed by atoms with E-state index in [4.69, 9.17) is 11.6 Å². The van der Waals surface area contributed by atoms with Gasteiger partial charge in [-0.15, -0.1) is 0 Å². The van der Waals surface area contributed by atoms with Crippen LogP contribution in [0.3, 0.4) is 0 Å². The average molecular weight is 303 g/mol. The molecule has 0 aliphatic carbocycles. The van der Waals surface area contributed by atoms with Gasteiger partial charge in [0.05, 0.1) is 0 Å². The van der Waals surface area contributed by atoms with Crippen LogP contribution < -0.4 is 10.2 Å². The molecule has 0 atom stereocenters. The third-order valence-corrected chi connectivity index (χ3v) is 3.54. The van der Waals surface area contributed by atoms with Gasteiger partial charge in [0.25, 0.3) is 0 Å². The maximum atomic E-state index is 12.5. The summed E-state index contributed by atoms with van der Waals surface area (Å²) in [4.78, 5) is 14.2. The first kappa shape index (κ1) is 15.4. The molecule has 0 saturated carbocycles. The van der Waals surface area contributed by atoms with Crippen LogP contribution in [0, 0.1) is 13.8 Å². The molecule has 0 saturated heterocycles. The molecule has 4 heteroatoms. The average Bonchev–Trinajstić information content (AvgIpc) is 2.43. The van der Waals surface area contributed by atoms with E-state index in [-0.39, 0.29) is 6.03 Å². The van der Waals surface area contributed by atoms with Gasteiger partial charge in [0.15, 0.2) is 0 Å². The summed E-state index contributed by atoms with van der Waals surface area (Å²) in [5, 5.41) is 3.60. The van der Waals surface area contributed by atoms with Gasteiger partial charge in [0.1, 0.15) is 0 Å². The summed E-state index contributed by atoms with van der Waals surface area (Å²) in [7, 11) is 0. The molecule has 21 heavy (non-hydrogen) atoms. The number of nitrogens with one attached hydrogen (secondary N) is 1. The fourth-order valence-electron chi connectivity index (χ4n) is 2.19. The van der Waals surface area contributed by atoms with E-state index in [0.29, 0.717) is 11.6 Å². The summed E-state index contributed by atoms with van der Waals surface area (Å²) in [6, 6.07) is 13.2. The van der Waals surface area contributed by atoms with Crippen molar-refractivity contribution in [3.63, 3.8) is 0 Å². The molecule has 1 N–H and O–H groups in total. The standard InChI is InChI=1S/C17H19ClN2O/c1-4-20(15-7-5-6-12(2)10-15)17(21)19-16-9-8-14(18)11-13(16)3/h5-11H,4H2,1-3H3,(H,19,21). The van der Waals surface area contributed by atoms with Crippen LogP contribution in [0.5, 0.6) is 0 Å². The lowest BCUT2D eigenvalue weighted by Gasteiger charge is -2.22. The molecular formula is C17H19ClN2O. The van der Waals surface area contributed by atoms with Crippen molar-refractivity contribution < 1.29 is 4.79 Å². The summed E-state index contributed by atoms with van der Waals surface area (Å²) >= 11 is 5.93. The van der Waals surface area contributed by atoms with E-state index in [9.17, 15) is 4.79 Å². The molecule has 2 amide bonds. The molecule has 0 heterocycles. The number of rotatable bonds is 3. The van der Waals surface area contributed by atoms with E-state index >= 15 is 0 Å². The van der Waals surface area contributed by atoms with Crippen LogP contribution in [-0.2, 0) is 0 Å². The first-order valence-corrected chi connectivity index (χ1v) is 7.30. The second-order valence-electron chi connectivity index (χ2n) is 4.97. The quantitative estimate of drug-likeness (QED) is 0.848. The summed E-state index contributed by atoms with van der Waals surface area (Å²) in [5.41, 5.74) is 3.73. The van der Waals surface area contributed by atoms with Gasteiger partial charge in [-0.3, -0.25) is 4.90 Å². The zero-order valence-corrected chi connectivity index (χ0v) is 13.2. The number of anilines is 2. The Hall–Kier alpha value is -2.00. The summed E-state index contributed by atoms with van der Waals surface area (Å²) in [6.07, 6.45) is 0. The molecule has 0 radical (unpaired) electrons. The Morgan fingerprint density at radius 2 is 1.95 bits per heavy atom. The van der Waals surface area contributed by atoms with E-state index < -0.39 is 0 Å². The highest BCUT2D eigenvalue weighted by molar-refractivity contribution is 6.30. The van der Waals surface area contributed by atoms with Crippen molar-refractivity contribution in [2.75, 3.05) is 16.8 Å². The lowest BCUT2D eigenvalue weighted by atomic mass is 10.2. The molecule has 0 unspecified atom stereocenters. The van der Waals surface area contributed by atoms with Crippen molar-refractivity contribution in [3.05, 3.63) is 58.6 Å². The smallest absolute Gasteiger partial charge is 0.307 e. The normalized spacial score (nSPS) is 10.3. The number of carbonyl (C=O) groups excluding carboxylic acids is 1. The third kappa shape index (κ3) is 3.76. The van der Waals surface area contributed by atoms with E-state index in [1.54, 1.807) is 11.0 Å². The highest BCUT2D eigenvalue weighted by Gasteiger charge is 2.14. The molecule has 0 bridgehead atoms. The second kappa shape index (κ2) is 6.64. The first-order valence-electron chi connectivity index (χ1n) is 6.92. The van der Waals surface area contributed by atoms with E-state index in [0.717, 1.165) is 22.5 Å². The van der Waals surface area contributed by atoms with Gasteiger partial charge in [-0.25, -0.2) is 4.79 Å². The van der Waals surface area contributed by atoms with Crippen LogP contribution in [0.4, 0.5) is 16.2 Å². The van der Waals surface area contributed by atoms with E-state index in [1.807, 2.05) is 57.2 Å². The summed E-state index contributed by atoms with van der Waals surface area (Å²) in [6.45, 7) is 6.49. The molecule has 2 rings (SSSR count). The molecule has 2 aromatic carbocycles. The SMILES string of the molecule is CCN(C(=O)Nc1ccc(Cl)cc1C)c1cccc(C)c1.